The molecular weight excluding hydrogens is 201 g/mol. The van der Waals surface area contributed by atoms with Gasteiger partial charge in [-0.1, -0.05) is 0 Å². The first-order valence-electron chi connectivity index (χ1n) is 2.90. The molecule has 4 N–H and O–H groups in total. The van der Waals surface area contributed by atoms with Crippen LogP contribution >= 0.6 is 0 Å². The van der Waals surface area contributed by atoms with E-state index in [2.05, 4.69) is 5.73 Å². The van der Waals surface area contributed by atoms with E-state index in [9.17, 15) is 8.63 Å². The summed E-state index contributed by atoms with van der Waals surface area (Å²) in [6, 6.07) is -0.597. The normalized spacial score (nSPS) is 16.2. The Morgan fingerprint density at radius 1 is 1.80 bits per heavy atom. The number of aliphatic carboxylic acids is 1. The summed E-state index contributed by atoms with van der Waals surface area (Å²) in [5.74, 6) is 0.737. The van der Waals surface area contributed by atoms with Crippen LogP contribution in [0.4, 0.5) is 0 Å². The minimum absolute atomic E-state index is 0.431. The molecule has 0 radical (unpaired) electrons. The van der Waals surface area contributed by atoms with Crippen molar-refractivity contribution < 1.29 is 19.5 Å². The molecule has 0 saturated carbocycles. The summed E-state index contributed by atoms with van der Waals surface area (Å²) in [6.45, 7) is 0. The van der Waals surface area contributed by atoms with Crippen molar-refractivity contribution in [3.63, 3.8) is 0 Å². The Morgan fingerprint density at radius 3 is 2.60 bits per heavy atom. The molecule has 0 fully saturated rings. The summed E-state index contributed by atoms with van der Waals surface area (Å²) in [4.78, 5) is 10.2. The standard InChI is InChI=1S/C5H11NO3Se/c1-10(9)3-2-4(6)5(7)8/h4H,2-3,6H2,1H3,(H,7,8)/p+1. The molecule has 0 aromatic heterocycles. The molecule has 2 atom stereocenters. The number of hydrogen-bond acceptors (Lipinski definition) is 2. The van der Waals surface area contributed by atoms with Crippen molar-refractivity contribution in [3.8, 4) is 0 Å². The van der Waals surface area contributed by atoms with Gasteiger partial charge < -0.3 is 0 Å². The van der Waals surface area contributed by atoms with Crippen LogP contribution in [0.2, 0.25) is 11.1 Å². The fourth-order valence-corrected chi connectivity index (χ4v) is 1.73. The van der Waals surface area contributed by atoms with E-state index in [1.807, 2.05) is 0 Å². The summed E-state index contributed by atoms with van der Waals surface area (Å²) in [6.07, 6.45) is 0.431. The van der Waals surface area contributed by atoms with Gasteiger partial charge in [0.25, 0.3) is 0 Å². The number of hydrogen-bond donors (Lipinski definition) is 2. The van der Waals surface area contributed by atoms with Gasteiger partial charge in [0.1, 0.15) is 0 Å². The van der Waals surface area contributed by atoms with Gasteiger partial charge in [-0.15, -0.1) is 0 Å². The summed E-state index contributed by atoms with van der Waals surface area (Å²) in [7, 11) is 0. The van der Waals surface area contributed by atoms with Gasteiger partial charge >= 0.3 is 62.9 Å². The van der Waals surface area contributed by atoms with Gasteiger partial charge in [0, 0.05) is 0 Å². The minimum atomic E-state index is -1.71. The number of carbonyl (C=O) groups is 1. The maximum absolute atomic E-state index is 10.6. The molecule has 2 unspecified atom stereocenters. The van der Waals surface area contributed by atoms with E-state index in [4.69, 9.17) is 5.11 Å². The monoisotopic (exact) mass is 214 g/mol. The Balaban J connectivity index is 3.49. The maximum atomic E-state index is 10.6. The molecule has 0 heterocycles. The third kappa shape index (κ3) is 4.61. The fourth-order valence-electron chi connectivity index (χ4n) is 0.432. The zero-order valence-electron chi connectivity index (χ0n) is 5.87. The van der Waals surface area contributed by atoms with Crippen LogP contribution in [-0.4, -0.2) is 31.0 Å². The van der Waals surface area contributed by atoms with Gasteiger partial charge in [0.15, 0.2) is 0 Å². The van der Waals surface area contributed by atoms with Crippen molar-refractivity contribution in [3.05, 3.63) is 0 Å². The van der Waals surface area contributed by atoms with Crippen LogP contribution < -0.4 is 5.73 Å². The topological polar surface area (TPSA) is 82.0 Å². The zero-order chi connectivity index (χ0) is 8.15. The second-order valence-electron chi connectivity index (χ2n) is 2.10. The Morgan fingerprint density at radius 2 is 2.30 bits per heavy atom. The molecule has 0 aromatic carbocycles. The Labute approximate surface area is 63.5 Å². The van der Waals surface area contributed by atoms with Crippen molar-refractivity contribution in [2.24, 2.45) is 0 Å². The van der Waals surface area contributed by atoms with E-state index >= 15 is 0 Å². The average Bonchev–Trinajstić information content (AvgIpc) is 1.82. The molecule has 0 aliphatic rings. The van der Waals surface area contributed by atoms with E-state index in [-0.39, 0.29) is 0 Å². The molecular formula is C5H12NO3Se+. The molecule has 0 aromatic rings. The molecule has 0 bridgehead atoms. The van der Waals surface area contributed by atoms with Crippen LogP contribution in [0.3, 0.4) is 0 Å². The predicted molar refractivity (Wildman–Crippen MR) is 36.0 cm³/mol. The number of carboxylic acids is 1. The number of carboxylic acid groups (broad SMARTS) is 1. The van der Waals surface area contributed by atoms with Gasteiger partial charge in [0.05, 0.1) is 0 Å². The number of quaternary nitrogens is 1. The first-order chi connectivity index (χ1) is 4.54. The zero-order valence-corrected chi connectivity index (χ0v) is 7.58. The molecule has 0 spiro atoms. The van der Waals surface area contributed by atoms with E-state index in [0.29, 0.717) is 11.7 Å². The van der Waals surface area contributed by atoms with Crippen molar-refractivity contribution >= 4 is 19.8 Å². The summed E-state index contributed by atoms with van der Waals surface area (Å²) >= 11 is -1.71. The van der Waals surface area contributed by atoms with Crippen LogP contribution in [0, 0.1) is 0 Å². The molecule has 0 aliphatic carbocycles. The van der Waals surface area contributed by atoms with Crippen LogP contribution in [0.25, 0.3) is 0 Å². The Hall–Kier alpha value is -0.251. The molecule has 60 valence electrons. The van der Waals surface area contributed by atoms with Crippen LogP contribution in [0.15, 0.2) is 0 Å². The van der Waals surface area contributed by atoms with E-state index in [0.717, 1.165) is 0 Å². The summed E-state index contributed by atoms with van der Waals surface area (Å²) in [5.41, 5.74) is 3.39. The SMILES string of the molecule is C[Se](=O)CCC([NH3+])C(=O)O. The average molecular weight is 213 g/mol. The van der Waals surface area contributed by atoms with Gasteiger partial charge in [-0.3, -0.25) is 0 Å². The third-order valence-electron chi connectivity index (χ3n) is 1.10. The molecule has 4 nitrogen and oxygen atoms in total. The molecule has 10 heavy (non-hydrogen) atoms. The third-order valence-corrected chi connectivity index (χ3v) is 2.80. The fraction of sp³-hybridized carbons (Fsp3) is 0.800. The van der Waals surface area contributed by atoms with Crippen molar-refractivity contribution in [2.45, 2.75) is 23.6 Å². The first-order valence-corrected chi connectivity index (χ1v) is 6.52. The van der Waals surface area contributed by atoms with Crippen molar-refractivity contribution in [1.29, 1.82) is 0 Å². The van der Waals surface area contributed by atoms with Crippen molar-refractivity contribution in [2.75, 3.05) is 0 Å². The summed E-state index contributed by atoms with van der Waals surface area (Å²) in [5, 5.41) is 8.86. The molecule has 0 aliphatic heterocycles. The Kier molecular flexibility index (Phi) is 4.43. The Bertz CT molecular complexity index is 148. The first kappa shape index (κ1) is 9.75. The number of rotatable bonds is 4. The molecule has 5 heteroatoms. The molecule has 0 amide bonds. The van der Waals surface area contributed by atoms with Crippen LogP contribution in [0.5, 0.6) is 0 Å². The van der Waals surface area contributed by atoms with Gasteiger partial charge in [-0.2, -0.15) is 0 Å². The van der Waals surface area contributed by atoms with Gasteiger partial charge in [-0.05, 0) is 0 Å². The quantitative estimate of drug-likeness (QED) is 0.595. The van der Waals surface area contributed by atoms with Crippen LogP contribution in [-0.2, 0) is 8.63 Å². The van der Waals surface area contributed by atoms with Crippen LogP contribution in [0.1, 0.15) is 6.42 Å². The second kappa shape index (κ2) is 4.55. The van der Waals surface area contributed by atoms with Gasteiger partial charge in [0.2, 0.25) is 0 Å². The summed E-state index contributed by atoms with van der Waals surface area (Å²) < 4.78 is 10.6. The van der Waals surface area contributed by atoms with Crippen molar-refractivity contribution in [1.82, 2.24) is 0 Å². The van der Waals surface area contributed by atoms with E-state index in [1.165, 1.54) is 0 Å². The molecule has 0 rings (SSSR count). The predicted octanol–water partition coefficient (Wildman–Crippen LogP) is -0.877. The van der Waals surface area contributed by atoms with E-state index in [1.54, 1.807) is 5.82 Å². The second-order valence-corrected chi connectivity index (χ2v) is 5.36. The van der Waals surface area contributed by atoms with E-state index < -0.39 is 25.8 Å². The molecule has 0 saturated heterocycles. The van der Waals surface area contributed by atoms with Gasteiger partial charge in [-0.25, -0.2) is 0 Å².